The molecule has 0 aromatic rings. The van der Waals surface area contributed by atoms with Gasteiger partial charge in [-0.05, 0) is 69.9 Å². The summed E-state index contributed by atoms with van der Waals surface area (Å²) in [4.78, 5) is 2.82. The minimum absolute atomic E-state index is 0.828. The Kier molecular flexibility index (Phi) is 5.97. The van der Waals surface area contributed by atoms with Crippen molar-refractivity contribution < 1.29 is 0 Å². The monoisotopic (exact) mass is 252 g/mol. The van der Waals surface area contributed by atoms with E-state index in [0.29, 0.717) is 0 Å². The summed E-state index contributed by atoms with van der Waals surface area (Å²) in [6, 6.07) is 0.899. The maximum absolute atomic E-state index is 5.78. The second-order valence-corrected chi connectivity index (χ2v) is 6.56. The lowest BCUT2D eigenvalue weighted by atomic mass is 9.81. The Bertz CT molecular complexity index is 219. The number of piperidine rings is 1. The second-order valence-electron chi connectivity index (χ2n) is 6.56. The van der Waals surface area contributed by atoms with E-state index in [4.69, 9.17) is 5.73 Å². The fourth-order valence-electron chi connectivity index (χ4n) is 3.94. The van der Waals surface area contributed by atoms with Crippen molar-refractivity contribution in [3.05, 3.63) is 0 Å². The Hall–Kier alpha value is -0.0800. The average molecular weight is 252 g/mol. The molecule has 0 amide bonds. The first-order valence-electron chi connectivity index (χ1n) is 8.27. The maximum atomic E-state index is 5.78. The Morgan fingerprint density at radius 3 is 2.39 bits per heavy atom. The molecule has 2 aliphatic rings. The molecule has 0 aromatic carbocycles. The van der Waals surface area contributed by atoms with E-state index in [-0.39, 0.29) is 0 Å². The zero-order chi connectivity index (χ0) is 12.8. The summed E-state index contributed by atoms with van der Waals surface area (Å²) in [6.45, 7) is 5.98. The summed E-state index contributed by atoms with van der Waals surface area (Å²) < 4.78 is 0. The van der Waals surface area contributed by atoms with Crippen molar-refractivity contribution in [2.45, 2.75) is 70.8 Å². The molecule has 2 N–H and O–H groups in total. The first kappa shape index (κ1) is 14.3. The molecule has 2 rings (SSSR count). The van der Waals surface area contributed by atoms with Crippen LogP contribution in [0.2, 0.25) is 0 Å². The third-order valence-electron chi connectivity index (χ3n) is 5.16. The van der Waals surface area contributed by atoms with Crippen molar-refractivity contribution in [1.29, 1.82) is 0 Å². The predicted molar refractivity (Wildman–Crippen MR) is 78.6 cm³/mol. The van der Waals surface area contributed by atoms with Gasteiger partial charge < -0.3 is 10.6 Å². The highest BCUT2D eigenvalue weighted by molar-refractivity contribution is 4.81. The van der Waals surface area contributed by atoms with Gasteiger partial charge in [0.25, 0.3) is 0 Å². The van der Waals surface area contributed by atoms with E-state index in [2.05, 4.69) is 11.8 Å². The second kappa shape index (κ2) is 7.49. The zero-order valence-electron chi connectivity index (χ0n) is 12.2. The average Bonchev–Trinajstić information content (AvgIpc) is 2.42. The molecule has 2 fully saturated rings. The van der Waals surface area contributed by atoms with E-state index in [0.717, 1.165) is 24.4 Å². The number of hydrogen-bond donors (Lipinski definition) is 1. The number of nitrogens with zero attached hydrogens (tertiary/aromatic N) is 1. The Morgan fingerprint density at radius 2 is 1.72 bits per heavy atom. The van der Waals surface area contributed by atoms with Crippen molar-refractivity contribution >= 4 is 0 Å². The van der Waals surface area contributed by atoms with Crippen molar-refractivity contribution in [2.24, 2.45) is 17.6 Å². The lowest BCUT2D eigenvalue weighted by Crippen LogP contribution is -2.43. The van der Waals surface area contributed by atoms with E-state index >= 15 is 0 Å². The van der Waals surface area contributed by atoms with Crippen LogP contribution in [0.25, 0.3) is 0 Å². The van der Waals surface area contributed by atoms with Gasteiger partial charge in [-0.25, -0.2) is 0 Å². The van der Waals surface area contributed by atoms with Gasteiger partial charge in [0.15, 0.2) is 0 Å². The number of likely N-dealkylation sites (tertiary alicyclic amines) is 1. The van der Waals surface area contributed by atoms with Gasteiger partial charge in [-0.2, -0.15) is 0 Å². The van der Waals surface area contributed by atoms with Crippen LogP contribution in [0.3, 0.4) is 0 Å². The molecule has 1 atom stereocenters. The van der Waals surface area contributed by atoms with E-state index in [1.807, 2.05) is 0 Å². The third kappa shape index (κ3) is 3.96. The molecule has 0 spiro atoms. The summed E-state index contributed by atoms with van der Waals surface area (Å²) in [5.41, 5.74) is 5.78. The van der Waals surface area contributed by atoms with Crippen molar-refractivity contribution in [3.63, 3.8) is 0 Å². The van der Waals surface area contributed by atoms with E-state index in [1.165, 1.54) is 70.9 Å². The van der Waals surface area contributed by atoms with E-state index < -0.39 is 0 Å². The predicted octanol–water partition coefficient (Wildman–Crippen LogP) is 3.41. The number of rotatable bonds is 5. The minimum atomic E-state index is 0.828. The van der Waals surface area contributed by atoms with Crippen LogP contribution in [0.4, 0.5) is 0 Å². The van der Waals surface area contributed by atoms with Crippen LogP contribution in [0.5, 0.6) is 0 Å². The fourth-order valence-corrected chi connectivity index (χ4v) is 3.94. The lowest BCUT2D eigenvalue weighted by Gasteiger charge is -2.39. The van der Waals surface area contributed by atoms with Crippen LogP contribution in [0, 0.1) is 11.8 Å². The molecule has 106 valence electrons. The molecule has 18 heavy (non-hydrogen) atoms. The summed E-state index contributed by atoms with van der Waals surface area (Å²) in [6.07, 6.45) is 12.7. The van der Waals surface area contributed by atoms with Gasteiger partial charge in [-0.3, -0.25) is 0 Å². The van der Waals surface area contributed by atoms with E-state index in [1.54, 1.807) is 0 Å². The third-order valence-corrected chi connectivity index (χ3v) is 5.16. The van der Waals surface area contributed by atoms with Crippen molar-refractivity contribution in [1.82, 2.24) is 4.90 Å². The van der Waals surface area contributed by atoms with Crippen molar-refractivity contribution in [3.8, 4) is 0 Å². The summed E-state index contributed by atoms with van der Waals surface area (Å²) in [5.74, 6) is 1.79. The molecule has 2 heteroatoms. The summed E-state index contributed by atoms with van der Waals surface area (Å²) in [5, 5.41) is 0. The lowest BCUT2D eigenvalue weighted by molar-refractivity contribution is 0.101. The topological polar surface area (TPSA) is 29.3 Å². The highest BCUT2D eigenvalue weighted by atomic mass is 15.2. The standard InChI is InChI=1S/C16H32N2/c1-2-5-16-6-3-4-11-18(16)13-15-9-7-14(12-17)8-10-15/h14-16H,2-13,17H2,1H3. The van der Waals surface area contributed by atoms with Crippen LogP contribution in [-0.4, -0.2) is 30.6 Å². The molecule has 1 saturated carbocycles. The molecule has 1 aliphatic heterocycles. The molecule has 2 nitrogen and oxygen atoms in total. The normalized spacial score (nSPS) is 34.7. The zero-order valence-corrected chi connectivity index (χ0v) is 12.2. The number of hydrogen-bond acceptors (Lipinski definition) is 2. The molecular formula is C16H32N2. The van der Waals surface area contributed by atoms with Crippen LogP contribution in [-0.2, 0) is 0 Å². The smallest absolute Gasteiger partial charge is 0.00952 e. The molecule has 1 saturated heterocycles. The maximum Gasteiger partial charge on any atom is 0.00952 e. The highest BCUT2D eigenvalue weighted by Gasteiger charge is 2.26. The van der Waals surface area contributed by atoms with Crippen LogP contribution < -0.4 is 5.73 Å². The van der Waals surface area contributed by atoms with Crippen LogP contribution >= 0.6 is 0 Å². The fraction of sp³-hybridized carbons (Fsp3) is 1.00. The van der Waals surface area contributed by atoms with Crippen LogP contribution in [0.15, 0.2) is 0 Å². The quantitative estimate of drug-likeness (QED) is 0.812. The van der Waals surface area contributed by atoms with Crippen molar-refractivity contribution in [2.75, 3.05) is 19.6 Å². The largest absolute Gasteiger partial charge is 0.330 e. The Labute approximate surface area is 113 Å². The highest BCUT2D eigenvalue weighted by Crippen LogP contribution is 2.31. The van der Waals surface area contributed by atoms with E-state index in [9.17, 15) is 0 Å². The minimum Gasteiger partial charge on any atom is -0.330 e. The van der Waals surface area contributed by atoms with Crippen LogP contribution in [0.1, 0.15) is 64.7 Å². The Morgan fingerprint density at radius 1 is 1.00 bits per heavy atom. The molecule has 1 heterocycles. The molecule has 1 aliphatic carbocycles. The summed E-state index contributed by atoms with van der Waals surface area (Å²) >= 11 is 0. The van der Waals surface area contributed by atoms with Gasteiger partial charge >= 0.3 is 0 Å². The molecule has 0 radical (unpaired) electrons. The first-order chi connectivity index (χ1) is 8.83. The van der Waals surface area contributed by atoms with Gasteiger partial charge in [0.1, 0.15) is 0 Å². The first-order valence-corrected chi connectivity index (χ1v) is 8.27. The molecular weight excluding hydrogens is 220 g/mol. The number of nitrogens with two attached hydrogens (primary N) is 1. The van der Waals surface area contributed by atoms with Gasteiger partial charge in [-0.15, -0.1) is 0 Å². The molecule has 1 unspecified atom stereocenters. The van der Waals surface area contributed by atoms with Gasteiger partial charge in [0, 0.05) is 12.6 Å². The van der Waals surface area contributed by atoms with Gasteiger partial charge in [-0.1, -0.05) is 19.8 Å². The molecule has 0 aromatic heterocycles. The SMILES string of the molecule is CCCC1CCCCN1CC1CCC(CN)CC1. The summed E-state index contributed by atoms with van der Waals surface area (Å²) in [7, 11) is 0. The van der Waals surface area contributed by atoms with Gasteiger partial charge in [0.2, 0.25) is 0 Å². The Balaban J connectivity index is 1.77. The molecule has 0 bridgehead atoms. The van der Waals surface area contributed by atoms with Gasteiger partial charge in [0.05, 0.1) is 0 Å².